The van der Waals surface area contributed by atoms with Crippen molar-refractivity contribution in [1.82, 2.24) is 30.0 Å². The van der Waals surface area contributed by atoms with Crippen LogP contribution < -0.4 is 20.1 Å². The van der Waals surface area contributed by atoms with Crippen molar-refractivity contribution in [3.63, 3.8) is 0 Å². The van der Waals surface area contributed by atoms with Crippen LogP contribution in [-0.4, -0.2) is 51.6 Å². The zero-order valence-electron chi connectivity index (χ0n) is 23.8. The molecule has 0 unspecified atom stereocenters. The van der Waals surface area contributed by atoms with Gasteiger partial charge in [-0.3, -0.25) is 29.8 Å². The Morgan fingerprint density at radius 3 is 1.48 bits per heavy atom. The zero-order chi connectivity index (χ0) is 32.5. The molecular weight excluding hydrogens is 604 g/mol. The Balaban J connectivity index is 1.05. The van der Waals surface area contributed by atoms with Crippen molar-refractivity contribution in [1.29, 1.82) is 0 Å². The van der Waals surface area contributed by atoms with Gasteiger partial charge in [-0.05, 0) is 36.4 Å². The lowest BCUT2D eigenvalue weighted by atomic mass is 10.3. The van der Waals surface area contributed by atoms with E-state index in [1.807, 2.05) is 0 Å². The van der Waals surface area contributed by atoms with Crippen LogP contribution in [0, 0.1) is 20.2 Å². The van der Waals surface area contributed by atoms with E-state index < -0.39 is 9.85 Å². The first-order valence-corrected chi connectivity index (χ1v) is 13.4. The van der Waals surface area contributed by atoms with Gasteiger partial charge >= 0.3 is 0 Å². The smallest absolute Gasteiger partial charge is 0.269 e. The third-order valence-electron chi connectivity index (χ3n) is 6.09. The largest absolute Gasteiger partial charge is 0.487 e. The Hall–Kier alpha value is -6.72. The van der Waals surface area contributed by atoms with Crippen molar-refractivity contribution in [2.45, 2.75) is 26.3 Å². The third kappa shape index (κ3) is 8.66. The molecule has 0 saturated carbocycles. The number of nitrogens with zero attached hydrogens (tertiary/aromatic N) is 8. The Bertz CT molecular complexity index is 1720. The van der Waals surface area contributed by atoms with Crippen molar-refractivity contribution in [3.05, 3.63) is 117 Å². The highest BCUT2D eigenvalue weighted by atomic mass is 16.6. The van der Waals surface area contributed by atoms with Gasteiger partial charge in [-0.2, -0.15) is 0 Å². The highest BCUT2D eigenvalue weighted by Gasteiger charge is 2.11. The van der Waals surface area contributed by atoms with Crippen LogP contribution in [0.5, 0.6) is 11.5 Å². The van der Waals surface area contributed by atoms with E-state index in [1.54, 1.807) is 36.7 Å². The molecule has 18 nitrogen and oxygen atoms in total. The number of hydrogen-bond donors (Lipinski definition) is 2. The quantitative estimate of drug-likeness (QED) is 0.134. The lowest BCUT2D eigenvalue weighted by Gasteiger charge is -2.08. The summed E-state index contributed by atoms with van der Waals surface area (Å²) < 4.78 is 14.2. The number of carbonyl (C=O) groups excluding carboxylic acids is 2. The van der Waals surface area contributed by atoms with Crippen molar-refractivity contribution in [2.75, 3.05) is 10.6 Å². The third-order valence-corrected chi connectivity index (χ3v) is 6.09. The molecule has 2 aromatic heterocycles. The fourth-order valence-electron chi connectivity index (χ4n) is 3.96. The van der Waals surface area contributed by atoms with Crippen LogP contribution in [-0.2, 0) is 35.9 Å². The number of benzene rings is 3. The second kappa shape index (κ2) is 14.2. The molecular formula is C28H24N10O8. The normalized spacial score (nSPS) is 10.6. The molecule has 46 heavy (non-hydrogen) atoms. The van der Waals surface area contributed by atoms with E-state index in [1.165, 1.54) is 57.9 Å². The predicted octanol–water partition coefficient (Wildman–Crippen LogP) is 3.12. The van der Waals surface area contributed by atoms with Gasteiger partial charge in [0.25, 0.3) is 11.4 Å². The number of ether oxygens (including phenoxy) is 2. The molecule has 3 aromatic carbocycles. The molecule has 0 fully saturated rings. The lowest BCUT2D eigenvalue weighted by Crippen LogP contribution is -2.19. The molecule has 0 radical (unpaired) electrons. The van der Waals surface area contributed by atoms with E-state index in [4.69, 9.17) is 9.47 Å². The second-order valence-corrected chi connectivity index (χ2v) is 9.57. The molecule has 2 amide bonds. The summed E-state index contributed by atoms with van der Waals surface area (Å²) in [6.07, 6.45) is 3.12. The van der Waals surface area contributed by atoms with Gasteiger partial charge in [0.15, 0.2) is 0 Å². The van der Waals surface area contributed by atoms with E-state index in [2.05, 4.69) is 31.3 Å². The van der Waals surface area contributed by atoms with Gasteiger partial charge in [0.2, 0.25) is 11.8 Å². The maximum absolute atomic E-state index is 12.3. The Morgan fingerprint density at radius 2 is 1.09 bits per heavy atom. The summed E-state index contributed by atoms with van der Waals surface area (Å²) in [6, 6.07) is 17.8. The Kier molecular flexibility index (Phi) is 9.46. The van der Waals surface area contributed by atoms with Crippen LogP contribution in [0.25, 0.3) is 0 Å². The summed E-state index contributed by atoms with van der Waals surface area (Å²) >= 11 is 0. The first kappa shape index (κ1) is 30.7. The summed E-state index contributed by atoms with van der Waals surface area (Å²) in [6.45, 7) is -0.0990. The van der Waals surface area contributed by atoms with Gasteiger partial charge in [-0.25, -0.2) is 9.36 Å². The maximum Gasteiger partial charge on any atom is 0.269 e. The van der Waals surface area contributed by atoms with Gasteiger partial charge in [0, 0.05) is 41.7 Å². The van der Waals surface area contributed by atoms with Gasteiger partial charge < -0.3 is 20.1 Å². The van der Waals surface area contributed by atoms with Crippen LogP contribution in [0.4, 0.5) is 22.7 Å². The Morgan fingerprint density at radius 1 is 0.674 bits per heavy atom. The van der Waals surface area contributed by atoms with Crippen LogP contribution in [0.15, 0.2) is 85.2 Å². The highest BCUT2D eigenvalue weighted by molar-refractivity contribution is 5.91. The van der Waals surface area contributed by atoms with Crippen LogP contribution >= 0.6 is 0 Å². The molecule has 2 heterocycles. The molecule has 0 bridgehead atoms. The topological polar surface area (TPSA) is 224 Å². The van der Waals surface area contributed by atoms with Crippen molar-refractivity contribution >= 4 is 34.6 Å². The van der Waals surface area contributed by atoms with Gasteiger partial charge in [-0.1, -0.05) is 16.5 Å². The molecule has 0 aliphatic rings. The summed E-state index contributed by atoms with van der Waals surface area (Å²) in [5.41, 5.74) is 1.62. The van der Waals surface area contributed by atoms with Gasteiger partial charge in [-0.15, -0.1) is 10.2 Å². The first-order valence-electron chi connectivity index (χ1n) is 13.4. The molecule has 5 rings (SSSR count). The number of anilines is 2. The van der Waals surface area contributed by atoms with Gasteiger partial charge in [0.1, 0.15) is 49.2 Å². The summed E-state index contributed by atoms with van der Waals surface area (Å²) in [5, 5.41) is 42.7. The van der Waals surface area contributed by atoms with E-state index in [0.29, 0.717) is 34.3 Å². The average Bonchev–Trinajstić information content (AvgIpc) is 3.68. The van der Waals surface area contributed by atoms with Gasteiger partial charge in [0.05, 0.1) is 22.2 Å². The molecule has 0 aliphatic heterocycles. The monoisotopic (exact) mass is 628 g/mol. The molecule has 0 spiro atoms. The number of amides is 2. The number of hydrogen-bond acceptors (Lipinski definition) is 12. The molecule has 0 atom stereocenters. The lowest BCUT2D eigenvalue weighted by molar-refractivity contribution is -0.385. The highest BCUT2D eigenvalue weighted by Crippen LogP contribution is 2.21. The van der Waals surface area contributed by atoms with Crippen LogP contribution in [0.1, 0.15) is 11.4 Å². The summed E-state index contributed by atoms with van der Waals surface area (Å²) in [5.74, 6) is 0.215. The maximum atomic E-state index is 12.3. The van der Waals surface area contributed by atoms with Crippen molar-refractivity contribution in [3.8, 4) is 11.5 Å². The fourth-order valence-corrected chi connectivity index (χ4v) is 3.96. The average molecular weight is 629 g/mol. The number of nitro benzene ring substituents is 2. The number of carbonyl (C=O) groups is 2. The standard InChI is InChI=1S/C28H24N10O8/c39-27(29-19-4-8-23(9-5-19)37(41)42)15-35-13-21(31-33-35)17-45-25-2-1-3-26(12-25)46-18-22-14-36(34-32-22)16-28(40)30-20-6-10-24(11-7-20)38(43)44/h1-14H,15-18H2,(H,29,39)(H,30,40). The minimum atomic E-state index is -0.524. The molecule has 0 aliphatic carbocycles. The van der Waals surface area contributed by atoms with E-state index in [0.717, 1.165) is 0 Å². The minimum absolute atomic E-state index is 0.0731. The number of non-ortho nitro benzene ring substituents is 2. The van der Waals surface area contributed by atoms with Crippen molar-refractivity contribution in [2.24, 2.45) is 0 Å². The molecule has 234 valence electrons. The number of nitrogens with one attached hydrogen (secondary N) is 2. The zero-order valence-corrected chi connectivity index (χ0v) is 23.8. The molecule has 18 heteroatoms. The van der Waals surface area contributed by atoms with Crippen LogP contribution in [0.2, 0.25) is 0 Å². The van der Waals surface area contributed by atoms with E-state index in [-0.39, 0.29) is 49.5 Å². The van der Waals surface area contributed by atoms with Crippen molar-refractivity contribution < 1.29 is 28.9 Å². The molecule has 2 N–H and O–H groups in total. The number of nitro groups is 2. The summed E-state index contributed by atoms with van der Waals surface area (Å²) in [7, 11) is 0. The van der Waals surface area contributed by atoms with E-state index in [9.17, 15) is 29.8 Å². The molecule has 5 aromatic rings. The summed E-state index contributed by atoms with van der Waals surface area (Å²) in [4.78, 5) is 45.1. The minimum Gasteiger partial charge on any atom is -0.487 e. The molecule has 0 saturated heterocycles. The Labute approximate surface area is 258 Å². The first-order chi connectivity index (χ1) is 22.2. The number of rotatable bonds is 14. The number of aromatic nitrogens is 6. The fraction of sp³-hybridized carbons (Fsp3) is 0.143. The van der Waals surface area contributed by atoms with Crippen LogP contribution in [0.3, 0.4) is 0 Å². The predicted molar refractivity (Wildman–Crippen MR) is 159 cm³/mol. The van der Waals surface area contributed by atoms with E-state index >= 15 is 0 Å². The SMILES string of the molecule is O=C(Cn1cc(COc2cccc(OCc3cn(CC(=O)Nc4ccc([N+](=O)[O-])cc4)nn3)c2)nn1)Nc1ccc([N+](=O)[O-])cc1. The second-order valence-electron chi connectivity index (χ2n) is 9.57.